The molecule has 1 aromatic rings. The molecule has 4 heteroatoms. The van der Waals surface area contributed by atoms with Gasteiger partial charge in [0.15, 0.2) is 0 Å². The average molecular weight is 263 g/mol. The quantitative estimate of drug-likeness (QED) is 0.906. The number of piperidine rings is 1. The minimum absolute atomic E-state index is 0.254. The third-order valence-electron chi connectivity index (χ3n) is 4.85. The lowest BCUT2D eigenvalue weighted by Crippen LogP contribution is -2.34. The van der Waals surface area contributed by atoms with Gasteiger partial charge in [-0.05, 0) is 51.7 Å². The van der Waals surface area contributed by atoms with Crippen LogP contribution in [0, 0.1) is 0 Å². The number of rotatable bonds is 3. The molecular weight excluding hydrogens is 238 g/mol. The molecule has 1 saturated heterocycles. The van der Waals surface area contributed by atoms with Gasteiger partial charge in [-0.2, -0.15) is 0 Å². The van der Waals surface area contributed by atoms with Crippen LogP contribution in [0.25, 0.3) is 0 Å². The fraction of sp³-hybridized carbons (Fsp3) is 0.800. The molecule has 3 rings (SSSR count). The molecule has 1 unspecified atom stereocenters. The number of hydrogen-bond acceptors (Lipinski definition) is 3. The van der Waals surface area contributed by atoms with E-state index in [9.17, 15) is 5.11 Å². The number of aromatic nitrogens is 2. The molecule has 2 aliphatic heterocycles. The molecule has 3 heterocycles. The summed E-state index contributed by atoms with van der Waals surface area (Å²) >= 11 is 0. The smallest absolute Gasteiger partial charge is 0.112 e. The van der Waals surface area contributed by atoms with E-state index in [1.54, 1.807) is 0 Å². The van der Waals surface area contributed by atoms with Crippen LogP contribution in [0.4, 0.5) is 0 Å². The minimum Gasteiger partial charge on any atom is -0.394 e. The van der Waals surface area contributed by atoms with Gasteiger partial charge < -0.3 is 14.6 Å². The van der Waals surface area contributed by atoms with E-state index in [1.165, 1.54) is 43.9 Å². The monoisotopic (exact) mass is 263 g/mol. The van der Waals surface area contributed by atoms with Crippen LogP contribution in [0.3, 0.4) is 0 Å². The highest BCUT2D eigenvalue weighted by atomic mass is 16.3. The Bertz CT molecular complexity index is 421. The van der Waals surface area contributed by atoms with Gasteiger partial charge in [0.1, 0.15) is 5.82 Å². The first-order chi connectivity index (χ1) is 9.33. The first-order valence-electron chi connectivity index (χ1n) is 7.72. The summed E-state index contributed by atoms with van der Waals surface area (Å²) in [5.74, 6) is 1.83. The Balaban J connectivity index is 1.80. The molecule has 0 aliphatic carbocycles. The standard InChI is InChI=1S/C15H25N3O/c1-2-17-8-6-12(7-9-17)15-16-10-13-4-3-5-14(11-19)18(13)15/h10,12,14,19H,2-9,11H2,1H3. The van der Waals surface area contributed by atoms with Gasteiger partial charge in [0.25, 0.3) is 0 Å². The highest BCUT2D eigenvalue weighted by molar-refractivity contribution is 5.14. The summed E-state index contributed by atoms with van der Waals surface area (Å²) in [5, 5.41) is 9.60. The summed E-state index contributed by atoms with van der Waals surface area (Å²) in [7, 11) is 0. The first-order valence-corrected chi connectivity index (χ1v) is 7.72. The molecule has 0 amide bonds. The number of likely N-dealkylation sites (tertiary alicyclic amines) is 1. The summed E-state index contributed by atoms with van der Waals surface area (Å²) in [4.78, 5) is 7.22. The van der Waals surface area contributed by atoms with Crippen molar-refractivity contribution in [3.05, 3.63) is 17.7 Å². The van der Waals surface area contributed by atoms with E-state index in [2.05, 4.69) is 16.4 Å². The molecule has 0 bridgehead atoms. The first kappa shape index (κ1) is 13.1. The number of hydrogen-bond donors (Lipinski definition) is 1. The minimum atomic E-state index is 0.254. The van der Waals surface area contributed by atoms with E-state index in [0.29, 0.717) is 5.92 Å². The van der Waals surface area contributed by atoms with E-state index in [-0.39, 0.29) is 12.6 Å². The lowest BCUT2D eigenvalue weighted by Gasteiger charge is -2.33. The Labute approximate surface area is 115 Å². The predicted octanol–water partition coefficient (Wildman–Crippen LogP) is 1.95. The molecular formula is C15H25N3O. The van der Waals surface area contributed by atoms with E-state index < -0.39 is 0 Å². The lowest BCUT2D eigenvalue weighted by atomic mass is 9.94. The predicted molar refractivity (Wildman–Crippen MR) is 75.4 cm³/mol. The molecule has 1 N–H and O–H groups in total. The maximum Gasteiger partial charge on any atom is 0.112 e. The molecule has 0 radical (unpaired) electrons. The van der Waals surface area contributed by atoms with Crippen molar-refractivity contribution >= 4 is 0 Å². The van der Waals surface area contributed by atoms with Crippen LogP contribution in [-0.4, -0.2) is 45.8 Å². The molecule has 4 nitrogen and oxygen atoms in total. The number of nitrogens with zero attached hydrogens (tertiary/aromatic N) is 3. The van der Waals surface area contributed by atoms with Crippen molar-refractivity contribution in [2.24, 2.45) is 0 Å². The summed E-state index contributed by atoms with van der Waals surface area (Å²) in [6.07, 6.45) is 7.87. The maximum atomic E-state index is 9.60. The van der Waals surface area contributed by atoms with Gasteiger partial charge in [-0.25, -0.2) is 4.98 Å². The van der Waals surface area contributed by atoms with Gasteiger partial charge >= 0.3 is 0 Å². The van der Waals surface area contributed by atoms with E-state index in [0.717, 1.165) is 19.4 Å². The Kier molecular flexibility index (Phi) is 3.89. The highest BCUT2D eigenvalue weighted by Crippen LogP contribution is 2.33. The Morgan fingerprint density at radius 1 is 1.32 bits per heavy atom. The number of aliphatic hydroxyl groups is 1. The second-order valence-corrected chi connectivity index (χ2v) is 5.91. The third kappa shape index (κ3) is 2.43. The molecule has 0 spiro atoms. The van der Waals surface area contributed by atoms with Gasteiger partial charge in [-0.3, -0.25) is 0 Å². The van der Waals surface area contributed by atoms with Crippen molar-refractivity contribution in [3.63, 3.8) is 0 Å². The van der Waals surface area contributed by atoms with Crippen molar-refractivity contribution in [1.82, 2.24) is 14.5 Å². The molecule has 19 heavy (non-hydrogen) atoms. The van der Waals surface area contributed by atoms with E-state index >= 15 is 0 Å². The highest BCUT2D eigenvalue weighted by Gasteiger charge is 2.28. The van der Waals surface area contributed by atoms with E-state index in [4.69, 9.17) is 4.98 Å². The van der Waals surface area contributed by atoms with Gasteiger partial charge in [-0.1, -0.05) is 6.92 Å². The van der Waals surface area contributed by atoms with Crippen molar-refractivity contribution in [2.45, 2.75) is 51.0 Å². The number of aryl methyl sites for hydroxylation is 1. The fourth-order valence-electron chi connectivity index (χ4n) is 3.65. The number of fused-ring (bicyclic) bond motifs is 1. The third-order valence-corrected chi connectivity index (χ3v) is 4.85. The second-order valence-electron chi connectivity index (χ2n) is 5.91. The summed E-state index contributed by atoms with van der Waals surface area (Å²) in [6, 6.07) is 0.269. The number of imidazole rings is 1. The van der Waals surface area contributed by atoms with Crippen molar-refractivity contribution in [3.8, 4) is 0 Å². The Hall–Kier alpha value is -0.870. The van der Waals surface area contributed by atoms with Crippen LogP contribution < -0.4 is 0 Å². The van der Waals surface area contributed by atoms with Gasteiger partial charge in [0, 0.05) is 17.8 Å². The lowest BCUT2D eigenvalue weighted by molar-refractivity contribution is 0.190. The van der Waals surface area contributed by atoms with Crippen LogP contribution in [0.2, 0.25) is 0 Å². The van der Waals surface area contributed by atoms with Crippen molar-refractivity contribution in [2.75, 3.05) is 26.2 Å². The Morgan fingerprint density at radius 3 is 2.79 bits per heavy atom. The van der Waals surface area contributed by atoms with Crippen LogP contribution in [0.1, 0.15) is 56.1 Å². The summed E-state index contributed by atoms with van der Waals surface area (Å²) in [6.45, 7) is 6.02. The van der Waals surface area contributed by atoms with E-state index in [1.807, 2.05) is 6.20 Å². The van der Waals surface area contributed by atoms with Gasteiger partial charge in [0.05, 0.1) is 12.6 Å². The van der Waals surface area contributed by atoms with Crippen molar-refractivity contribution in [1.29, 1.82) is 0 Å². The SMILES string of the molecule is CCN1CCC(c2ncc3n2C(CO)CCC3)CC1. The number of aliphatic hydroxyl groups excluding tert-OH is 1. The van der Waals surface area contributed by atoms with Crippen LogP contribution in [0.15, 0.2) is 6.20 Å². The van der Waals surface area contributed by atoms with Crippen molar-refractivity contribution < 1.29 is 5.11 Å². The molecule has 0 saturated carbocycles. The average Bonchev–Trinajstić information content (AvgIpc) is 2.91. The molecule has 1 aromatic heterocycles. The maximum absolute atomic E-state index is 9.60. The molecule has 0 aromatic carbocycles. The Morgan fingerprint density at radius 2 is 2.11 bits per heavy atom. The van der Waals surface area contributed by atoms with Crippen LogP contribution in [-0.2, 0) is 6.42 Å². The molecule has 1 atom stereocenters. The largest absolute Gasteiger partial charge is 0.394 e. The van der Waals surface area contributed by atoms with Crippen LogP contribution in [0.5, 0.6) is 0 Å². The zero-order chi connectivity index (χ0) is 13.2. The molecule has 1 fully saturated rings. The van der Waals surface area contributed by atoms with Gasteiger partial charge in [-0.15, -0.1) is 0 Å². The second kappa shape index (κ2) is 5.63. The summed E-state index contributed by atoms with van der Waals surface area (Å²) in [5.41, 5.74) is 1.33. The fourth-order valence-corrected chi connectivity index (χ4v) is 3.65. The zero-order valence-electron chi connectivity index (χ0n) is 11.9. The summed E-state index contributed by atoms with van der Waals surface area (Å²) < 4.78 is 2.36. The van der Waals surface area contributed by atoms with Gasteiger partial charge in [0.2, 0.25) is 0 Å². The zero-order valence-corrected chi connectivity index (χ0v) is 11.9. The topological polar surface area (TPSA) is 41.3 Å². The normalized spacial score (nSPS) is 25.5. The molecule has 2 aliphatic rings. The molecule has 106 valence electrons. The van der Waals surface area contributed by atoms with Crippen LogP contribution >= 0.6 is 0 Å².